The number of hydrogen-bond acceptors (Lipinski definition) is 4. The van der Waals surface area contributed by atoms with Crippen LogP contribution < -0.4 is 4.72 Å². The number of aliphatic hydroxyl groups is 1. The van der Waals surface area contributed by atoms with Crippen LogP contribution in [0.3, 0.4) is 0 Å². The number of fused-ring (bicyclic) bond motifs is 1. The van der Waals surface area contributed by atoms with Gasteiger partial charge in [0.2, 0.25) is 10.0 Å². The lowest BCUT2D eigenvalue weighted by molar-refractivity contribution is 0.256. The van der Waals surface area contributed by atoms with Gasteiger partial charge in [-0.25, -0.2) is 13.1 Å². The summed E-state index contributed by atoms with van der Waals surface area (Å²) in [7, 11) is -3.77. The summed E-state index contributed by atoms with van der Waals surface area (Å²) in [6.07, 6.45) is 2.04. The Morgan fingerprint density at radius 1 is 1.00 bits per heavy atom. The van der Waals surface area contributed by atoms with Gasteiger partial charge in [-0.3, -0.25) is 4.98 Å². The van der Waals surface area contributed by atoms with E-state index in [1.807, 2.05) is 30.3 Å². The minimum Gasteiger partial charge on any atom is -0.395 e. The second-order valence-electron chi connectivity index (χ2n) is 5.52. The van der Waals surface area contributed by atoms with Crippen molar-refractivity contribution in [3.8, 4) is 0 Å². The van der Waals surface area contributed by atoms with Crippen LogP contribution >= 0.6 is 0 Å². The van der Waals surface area contributed by atoms with E-state index < -0.39 is 16.1 Å². The van der Waals surface area contributed by atoms with Crippen molar-refractivity contribution in [1.29, 1.82) is 0 Å². The van der Waals surface area contributed by atoms with Gasteiger partial charge in [0.25, 0.3) is 0 Å². The molecule has 24 heavy (non-hydrogen) atoms. The zero-order valence-corrected chi connectivity index (χ0v) is 13.8. The van der Waals surface area contributed by atoms with Crippen molar-refractivity contribution in [1.82, 2.24) is 9.71 Å². The Bertz CT molecular complexity index is 922. The predicted molar refractivity (Wildman–Crippen MR) is 93.1 cm³/mol. The summed E-state index contributed by atoms with van der Waals surface area (Å²) in [6.45, 7) is -0.281. The summed E-state index contributed by atoms with van der Waals surface area (Å²) in [5.41, 5.74) is 1.57. The number of sulfonamides is 1. The molecule has 0 radical (unpaired) electrons. The molecule has 0 amide bonds. The normalized spacial score (nSPS) is 13.0. The minimum absolute atomic E-state index is 0.166. The molecule has 0 aliphatic rings. The smallest absolute Gasteiger partial charge is 0.241 e. The molecular formula is C18H18N2O3S. The van der Waals surface area contributed by atoms with Crippen molar-refractivity contribution >= 4 is 20.9 Å². The van der Waals surface area contributed by atoms with Gasteiger partial charge in [-0.2, -0.15) is 0 Å². The largest absolute Gasteiger partial charge is 0.395 e. The Kier molecular flexibility index (Phi) is 4.89. The molecule has 2 aromatic carbocycles. The molecule has 1 atom stereocenters. The number of aromatic nitrogens is 1. The monoisotopic (exact) mass is 342 g/mol. The quantitative estimate of drug-likeness (QED) is 0.719. The second kappa shape index (κ2) is 7.09. The third kappa shape index (κ3) is 3.62. The summed E-state index contributed by atoms with van der Waals surface area (Å²) < 4.78 is 28.1. The maximum atomic E-state index is 12.8. The van der Waals surface area contributed by atoms with E-state index in [2.05, 4.69) is 9.71 Å². The summed E-state index contributed by atoms with van der Waals surface area (Å²) >= 11 is 0. The molecule has 5 nitrogen and oxygen atoms in total. The third-order valence-corrected chi connectivity index (χ3v) is 5.34. The first-order valence-electron chi connectivity index (χ1n) is 7.61. The first-order valence-corrected chi connectivity index (χ1v) is 9.09. The number of aliphatic hydroxyl groups excluding tert-OH is 1. The molecule has 6 heteroatoms. The Morgan fingerprint density at radius 2 is 1.79 bits per heavy atom. The molecule has 1 heterocycles. The molecule has 0 saturated heterocycles. The number of pyridine rings is 1. The number of rotatable bonds is 6. The van der Waals surface area contributed by atoms with Crippen molar-refractivity contribution in [2.75, 3.05) is 6.61 Å². The SMILES string of the molecule is O=S(=O)(NC(CO)Cc1ccccc1)c1cccc2ncccc12. The van der Waals surface area contributed by atoms with Crippen LogP contribution in [0.4, 0.5) is 0 Å². The van der Waals surface area contributed by atoms with E-state index in [4.69, 9.17) is 0 Å². The summed E-state index contributed by atoms with van der Waals surface area (Å²) in [5, 5.41) is 10.1. The molecule has 3 aromatic rings. The first kappa shape index (κ1) is 16.6. The molecule has 0 aliphatic heterocycles. The molecule has 0 saturated carbocycles. The maximum absolute atomic E-state index is 12.8. The molecule has 3 rings (SSSR count). The van der Waals surface area contributed by atoms with Crippen LogP contribution in [0.2, 0.25) is 0 Å². The van der Waals surface area contributed by atoms with Crippen LogP contribution in [0.15, 0.2) is 71.8 Å². The van der Waals surface area contributed by atoms with Crippen LogP contribution in [-0.2, 0) is 16.4 Å². The van der Waals surface area contributed by atoms with E-state index in [-0.39, 0.29) is 11.5 Å². The second-order valence-corrected chi connectivity index (χ2v) is 7.20. The van der Waals surface area contributed by atoms with Crippen molar-refractivity contribution < 1.29 is 13.5 Å². The summed E-state index contributed by atoms with van der Waals surface area (Å²) in [5.74, 6) is 0. The molecule has 0 fully saturated rings. The molecule has 0 bridgehead atoms. The number of nitrogens with one attached hydrogen (secondary N) is 1. The fourth-order valence-corrected chi connectivity index (χ4v) is 4.08. The average Bonchev–Trinajstić information content (AvgIpc) is 2.61. The molecule has 1 unspecified atom stereocenters. The van der Waals surface area contributed by atoms with Crippen molar-refractivity contribution in [2.45, 2.75) is 17.4 Å². The van der Waals surface area contributed by atoms with Crippen molar-refractivity contribution in [2.24, 2.45) is 0 Å². The van der Waals surface area contributed by atoms with Crippen LogP contribution in [0, 0.1) is 0 Å². The van der Waals surface area contributed by atoms with E-state index in [0.29, 0.717) is 17.3 Å². The van der Waals surface area contributed by atoms with Gasteiger partial charge in [0.1, 0.15) is 0 Å². The third-order valence-electron chi connectivity index (χ3n) is 3.76. The first-order chi connectivity index (χ1) is 11.6. The van der Waals surface area contributed by atoms with Crippen LogP contribution in [0.25, 0.3) is 10.9 Å². The van der Waals surface area contributed by atoms with Gasteiger partial charge in [-0.15, -0.1) is 0 Å². The molecule has 0 aliphatic carbocycles. The van der Waals surface area contributed by atoms with Gasteiger partial charge >= 0.3 is 0 Å². The lowest BCUT2D eigenvalue weighted by atomic mass is 10.1. The van der Waals surface area contributed by atoms with Gasteiger partial charge < -0.3 is 5.11 Å². The van der Waals surface area contributed by atoms with E-state index in [9.17, 15) is 13.5 Å². The van der Waals surface area contributed by atoms with Crippen LogP contribution in [-0.4, -0.2) is 31.2 Å². The molecular weight excluding hydrogens is 324 g/mol. The number of nitrogens with zero attached hydrogens (tertiary/aromatic N) is 1. The molecule has 124 valence electrons. The minimum atomic E-state index is -3.77. The number of hydrogen-bond donors (Lipinski definition) is 2. The van der Waals surface area contributed by atoms with Gasteiger partial charge in [0.15, 0.2) is 0 Å². The van der Waals surface area contributed by atoms with Crippen LogP contribution in [0.5, 0.6) is 0 Å². The fourth-order valence-electron chi connectivity index (χ4n) is 2.63. The topological polar surface area (TPSA) is 79.3 Å². The zero-order valence-electron chi connectivity index (χ0n) is 13.0. The van der Waals surface area contributed by atoms with Gasteiger partial charge in [-0.1, -0.05) is 36.4 Å². The van der Waals surface area contributed by atoms with E-state index in [1.165, 1.54) is 0 Å². The predicted octanol–water partition coefficient (Wildman–Crippen LogP) is 2.12. The average molecular weight is 342 g/mol. The summed E-state index contributed by atoms with van der Waals surface area (Å²) in [4.78, 5) is 4.35. The highest BCUT2D eigenvalue weighted by Gasteiger charge is 2.22. The lowest BCUT2D eigenvalue weighted by Gasteiger charge is -2.17. The Morgan fingerprint density at radius 3 is 2.54 bits per heavy atom. The van der Waals surface area contributed by atoms with Crippen molar-refractivity contribution in [3.63, 3.8) is 0 Å². The van der Waals surface area contributed by atoms with Gasteiger partial charge in [0.05, 0.1) is 17.0 Å². The van der Waals surface area contributed by atoms with Crippen molar-refractivity contribution in [3.05, 3.63) is 72.4 Å². The molecule has 2 N–H and O–H groups in total. The Labute approximate surface area is 141 Å². The van der Waals surface area contributed by atoms with Gasteiger partial charge in [-0.05, 0) is 36.2 Å². The summed E-state index contributed by atoms with van der Waals surface area (Å²) in [6, 6.07) is 17.3. The molecule has 1 aromatic heterocycles. The van der Waals surface area contributed by atoms with Gasteiger partial charge in [0, 0.05) is 17.6 Å². The zero-order chi connectivity index (χ0) is 17.0. The molecule has 0 spiro atoms. The highest BCUT2D eigenvalue weighted by molar-refractivity contribution is 7.89. The van der Waals surface area contributed by atoms with Crippen LogP contribution in [0.1, 0.15) is 5.56 Å². The maximum Gasteiger partial charge on any atom is 0.241 e. The van der Waals surface area contributed by atoms with E-state index in [0.717, 1.165) is 5.56 Å². The highest BCUT2D eigenvalue weighted by Crippen LogP contribution is 2.21. The van der Waals surface area contributed by atoms with E-state index >= 15 is 0 Å². The fraction of sp³-hybridized carbons (Fsp3) is 0.167. The Hall–Kier alpha value is -2.28. The highest BCUT2D eigenvalue weighted by atomic mass is 32.2. The lowest BCUT2D eigenvalue weighted by Crippen LogP contribution is -2.39. The van der Waals surface area contributed by atoms with E-state index in [1.54, 1.807) is 36.5 Å². The number of benzene rings is 2. The Balaban J connectivity index is 1.89. The standard InChI is InChI=1S/C18H18N2O3S/c21-13-15(12-14-6-2-1-3-7-14)20-24(22,23)18-10-4-9-17-16(18)8-5-11-19-17/h1-11,15,20-21H,12-13H2.